The van der Waals surface area contributed by atoms with Gasteiger partial charge in [-0.05, 0) is 31.0 Å². The summed E-state index contributed by atoms with van der Waals surface area (Å²) in [5, 5.41) is 5.52. The molecule has 0 bridgehead atoms. The van der Waals surface area contributed by atoms with Gasteiger partial charge in [-0.25, -0.2) is 14.8 Å². The molecule has 2 aromatic rings. The molecule has 31 heavy (non-hydrogen) atoms. The largest absolute Gasteiger partial charge is 0.454 e. The van der Waals surface area contributed by atoms with Crippen LogP contribution in [0.15, 0.2) is 30.6 Å². The van der Waals surface area contributed by atoms with E-state index in [1.807, 2.05) is 0 Å². The van der Waals surface area contributed by atoms with Crippen LogP contribution in [0, 0.1) is 0 Å². The molecule has 4 rings (SSSR count). The van der Waals surface area contributed by atoms with E-state index in [0.29, 0.717) is 43.0 Å². The van der Waals surface area contributed by atoms with Gasteiger partial charge >= 0.3 is 6.09 Å². The molecule has 2 aliphatic rings. The summed E-state index contributed by atoms with van der Waals surface area (Å²) in [5.74, 6) is 0.178. The number of aromatic nitrogens is 2. The van der Waals surface area contributed by atoms with Crippen LogP contribution in [-0.4, -0.2) is 65.8 Å². The standard InChI is InChI=1S/C20H21N5O6/c1-29-20(28)25-8-4-13(5-9-25)23-19(27)16-17(22-7-6-21-16)24-18(26)12-2-3-14-15(10-12)31-11-30-14/h2-3,6-7,10,13H,4-5,8-9,11H2,1H3,(H,23,27)(H,22,24,26). The Hall–Kier alpha value is -3.89. The molecule has 1 aromatic carbocycles. The van der Waals surface area contributed by atoms with Crippen molar-refractivity contribution in [3.05, 3.63) is 41.9 Å². The van der Waals surface area contributed by atoms with E-state index in [9.17, 15) is 14.4 Å². The number of hydrogen-bond donors (Lipinski definition) is 2. The van der Waals surface area contributed by atoms with Gasteiger partial charge in [0, 0.05) is 37.1 Å². The summed E-state index contributed by atoms with van der Waals surface area (Å²) in [6, 6.07) is 4.66. The molecular weight excluding hydrogens is 406 g/mol. The normalized spacial score (nSPS) is 15.3. The van der Waals surface area contributed by atoms with Crippen LogP contribution < -0.4 is 20.1 Å². The van der Waals surface area contributed by atoms with Crippen LogP contribution in [-0.2, 0) is 4.74 Å². The highest BCUT2D eigenvalue weighted by atomic mass is 16.7. The number of nitrogens with zero attached hydrogens (tertiary/aromatic N) is 3. The lowest BCUT2D eigenvalue weighted by atomic mass is 10.1. The molecule has 3 heterocycles. The second-order valence-electron chi connectivity index (χ2n) is 6.98. The number of fused-ring (bicyclic) bond motifs is 1. The Morgan fingerprint density at radius 1 is 1.06 bits per heavy atom. The molecule has 1 saturated heterocycles. The van der Waals surface area contributed by atoms with Crippen molar-refractivity contribution in [2.75, 3.05) is 32.3 Å². The fourth-order valence-electron chi connectivity index (χ4n) is 3.40. The van der Waals surface area contributed by atoms with E-state index in [0.717, 1.165) is 0 Å². The van der Waals surface area contributed by atoms with E-state index >= 15 is 0 Å². The maximum absolute atomic E-state index is 12.8. The Bertz CT molecular complexity index is 1010. The van der Waals surface area contributed by atoms with Gasteiger partial charge in [0.25, 0.3) is 11.8 Å². The maximum atomic E-state index is 12.8. The Morgan fingerprint density at radius 2 is 1.81 bits per heavy atom. The predicted octanol–water partition coefficient (Wildman–Crippen LogP) is 1.42. The molecule has 11 nitrogen and oxygen atoms in total. The second-order valence-corrected chi connectivity index (χ2v) is 6.98. The molecule has 2 aliphatic heterocycles. The van der Waals surface area contributed by atoms with Crippen molar-refractivity contribution in [1.29, 1.82) is 0 Å². The van der Waals surface area contributed by atoms with Crippen LogP contribution in [0.1, 0.15) is 33.7 Å². The zero-order chi connectivity index (χ0) is 21.8. The lowest BCUT2D eigenvalue weighted by molar-refractivity contribution is 0.0888. The van der Waals surface area contributed by atoms with Crippen LogP contribution in [0.3, 0.4) is 0 Å². The first kappa shape index (κ1) is 20.4. The van der Waals surface area contributed by atoms with Gasteiger partial charge in [0.05, 0.1) is 7.11 Å². The quantitative estimate of drug-likeness (QED) is 0.749. The third-order valence-electron chi connectivity index (χ3n) is 5.04. The highest BCUT2D eigenvalue weighted by molar-refractivity contribution is 6.07. The predicted molar refractivity (Wildman–Crippen MR) is 107 cm³/mol. The van der Waals surface area contributed by atoms with E-state index in [2.05, 4.69) is 20.6 Å². The minimum atomic E-state index is -0.459. The van der Waals surface area contributed by atoms with Gasteiger partial charge in [-0.2, -0.15) is 0 Å². The van der Waals surface area contributed by atoms with Gasteiger partial charge < -0.3 is 29.7 Å². The molecule has 0 saturated carbocycles. The third kappa shape index (κ3) is 4.49. The number of carbonyl (C=O) groups excluding carboxylic acids is 3. The fraction of sp³-hybridized carbons (Fsp3) is 0.350. The van der Waals surface area contributed by atoms with Crippen LogP contribution >= 0.6 is 0 Å². The van der Waals surface area contributed by atoms with Crippen molar-refractivity contribution in [2.24, 2.45) is 0 Å². The summed E-state index contributed by atoms with van der Waals surface area (Å²) in [5.41, 5.74) is 0.337. The molecule has 0 atom stereocenters. The SMILES string of the molecule is COC(=O)N1CCC(NC(=O)c2nccnc2NC(=O)c2ccc3c(c2)OCO3)CC1. The Balaban J connectivity index is 1.41. The van der Waals surface area contributed by atoms with Gasteiger partial charge in [-0.3, -0.25) is 9.59 Å². The summed E-state index contributed by atoms with van der Waals surface area (Å²) in [6.45, 7) is 1.06. The molecular formula is C20H21N5O6. The average Bonchev–Trinajstić information content (AvgIpc) is 3.27. The summed E-state index contributed by atoms with van der Waals surface area (Å²) < 4.78 is 15.2. The highest BCUT2D eigenvalue weighted by Crippen LogP contribution is 2.32. The number of anilines is 1. The molecule has 3 amide bonds. The number of carbonyl (C=O) groups is 3. The number of benzene rings is 1. The summed E-state index contributed by atoms with van der Waals surface area (Å²) >= 11 is 0. The molecule has 11 heteroatoms. The monoisotopic (exact) mass is 427 g/mol. The van der Waals surface area contributed by atoms with Gasteiger partial charge in [0.2, 0.25) is 6.79 Å². The van der Waals surface area contributed by atoms with Crippen molar-refractivity contribution in [3.63, 3.8) is 0 Å². The average molecular weight is 427 g/mol. The number of likely N-dealkylation sites (tertiary alicyclic amines) is 1. The lowest BCUT2D eigenvalue weighted by Gasteiger charge is -2.31. The summed E-state index contributed by atoms with van der Waals surface area (Å²) in [7, 11) is 1.34. The van der Waals surface area contributed by atoms with E-state index in [4.69, 9.17) is 14.2 Å². The molecule has 0 unspecified atom stereocenters. The van der Waals surface area contributed by atoms with Crippen molar-refractivity contribution < 1.29 is 28.6 Å². The molecule has 1 fully saturated rings. The zero-order valence-electron chi connectivity index (χ0n) is 16.8. The van der Waals surface area contributed by atoms with Crippen LogP contribution in [0.4, 0.5) is 10.6 Å². The summed E-state index contributed by atoms with van der Waals surface area (Å²) in [4.78, 5) is 46.8. The van der Waals surface area contributed by atoms with Crippen LogP contribution in [0.2, 0.25) is 0 Å². The number of piperidine rings is 1. The van der Waals surface area contributed by atoms with E-state index < -0.39 is 11.8 Å². The van der Waals surface area contributed by atoms with E-state index in [1.165, 1.54) is 19.5 Å². The molecule has 2 N–H and O–H groups in total. The van der Waals surface area contributed by atoms with Crippen molar-refractivity contribution in [3.8, 4) is 11.5 Å². The lowest BCUT2D eigenvalue weighted by Crippen LogP contribution is -2.46. The van der Waals surface area contributed by atoms with Crippen molar-refractivity contribution >= 4 is 23.7 Å². The first-order valence-corrected chi connectivity index (χ1v) is 9.71. The Kier molecular flexibility index (Phi) is 5.83. The molecule has 1 aromatic heterocycles. The fourth-order valence-corrected chi connectivity index (χ4v) is 3.40. The minimum Gasteiger partial charge on any atom is -0.454 e. The van der Waals surface area contributed by atoms with Gasteiger partial charge in [-0.1, -0.05) is 0 Å². The number of rotatable bonds is 4. The molecule has 162 valence electrons. The van der Waals surface area contributed by atoms with Crippen LogP contribution in [0.25, 0.3) is 0 Å². The molecule has 0 aliphatic carbocycles. The first-order valence-electron chi connectivity index (χ1n) is 9.71. The van der Waals surface area contributed by atoms with E-state index in [1.54, 1.807) is 23.1 Å². The summed E-state index contributed by atoms with van der Waals surface area (Å²) in [6.07, 6.45) is 3.55. The van der Waals surface area contributed by atoms with Gasteiger partial charge in [0.15, 0.2) is 23.0 Å². The van der Waals surface area contributed by atoms with E-state index in [-0.39, 0.29) is 30.4 Å². The Morgan fingerprint density at radius 3 is 2.58 bits per heavy atom. The van der Waals surface area contributed by atoms with Crippen molar-refractivity contribution in [2.45, 2.75) is 18.9 Å². The molecule has 0 spiro atoms. The van der Waals surface area contributed by atoms with Gasteiger partial charge in [-0.15, -0.1) is 0 Å². The topological polar surface area (TPSA) is 132 Å². The van der Waals surface area contributed by atoms with Gasteiger partial charge in [0.1, 0.15) is 0 Å². The smallest absolute Gasteiger partial charge is 0.409 e. The molecule has 0 radical (unpaired) electrons. The number of amides is 3. The minimum absolute atomic E-state index is 0.00647. The Labute approximate surface area is 177 Å². The van der Waals surface area contributed by atoms with Crippen molar-refractivity contribution in [1.82, 2.24) is 20.2 Å². The number of methoxy groups -OCH3 is 1. The van der Waals surface area contributed by atoms with Crippen LogP contribution in [0.5, 0.6) is 11.5 Å². The second kappa shape index (κ2) is 8.86. The third-order valence-corrected chi connectivity index (χ3v) is 5.04. The first-order chi connectivity index (χ1) is 15.0. The number of nitrogens with one attached hydrogen (secondary N) is 2. The highest BCUT2D eigenvalue weighted by Gasteiger charge is 2.26. The number of hydrogen-bond acceptors (Lipinski definition) is 8. The number of ether oxygens (including phenoxy) is 3. The zero-order valence-corrected chi connectivity index (χ0v) is 16.8. The maximum Gasteiger partial charge on any atom is 0.409 e.